The number of halogens is 3. The summed E-state index contributed by atoms with van der Waals surface area (Å²) < 4.78 is 38.0. The minimum atomic E-state index is -4.05. The first-order valence-corrected chi connectivity index (χ1v) is 6.30. The van der Waals surface area contributed by atoms with Crippen LogP contribution in [0.2, 0.25) is 0 Å². The minimum Gasteiger partial charge on any atom is -0.330 e. The fourth-order valence-corrected chi connectivity index (χ4v) is 2.33. The van der Waals surface area contributed by atoms with Crippen molar-refractivity contribution in [1.29, 1.82) is 0 Å². The molecule has 1 heterocycles. The molecule has 2 nitrogen and oxygen atoms in total. The zero-order chi connectivity index (χ0) is 13.1. The van der Waals surface area contributed by atoms with E-state index in [1.54, 1.807) is 0 Å². The van der Waals surface area contributed by atoms with E-state index in [2.05, 4.69) is 0 Å². The van der Waals surface area contributed by atoms with E-state index in [-0.39, 0.29) is 18.4 Å². The number of piperidine rings is 1. The summed E-state index contributed by atoms with van der Waals surface area (Å²) in [4.78, 5) is 1.93. The second kappa shape index (κ2) is 5.57. The maximum atomic E-state index is 12.7. The summed E-state index contributed by atoms with van der Waals surface area (Å²) in [6.45, 7) is 6.19. The van der Waals surface area contributed by atoms with E-state index in [1.807, 2.05) is 18.7 Å². The Labute approximate surface area is 101 Å². The Hall–Kier alpha value is -0.290. The molecule has 2 N–H and O–H groups in total. The van der Waals surface area contributed by atoms with E-state index < -0.39 is 12.1 Å². The van der Waals surface area contributed by atoms with Crippen molar-refractivity contribution in [2.75, 3.05) is 26.2 Å². The van der Waals surface area contributed by atoms with E-state index in [9.17, 15) is 13.2 Å². The topological polar surface area (TPSA) is 29.3 Å². The third kappa shape index (κ3) is 4.14. The number of likely N-dealkylation sites (tertiary alicyclic amines) is 1. The molecule has 1 aliphatic rings. The molecule has 2 atom stereocenters. The van der Waals surface area contributed by atoms with Gasteiger partial charge in [-0.25, -0.2) is 0 Å². The highest BCUT2D eigenvalue weighted by molar-refractivity contribution is 4.83. The Morgan fingerprint density at radius 3 is 2.47 bits per heavy atom. The molecule has 0 spiro atoms. The Bertz CT molecular complexity index is 236. The number of nitrogens with zero attached hydrogens (tertiary/aromatic N) is 1. The van der Waals surface area contributed by atoms with Crippen molar-refractivity contribution in [2.24, 2.45) is 17.1 Å². The van der Waals surface area contributed by atoms with Gasteiger partial charge in [0.15, 0.2) is 0 Å². The molecule has 1 aliphatic heterocycles. The molecule has 0 radical (unpaired) electrons. The van der Waals surface area contributed by atoms with E-state index in [0.717, 1.165) is 13.0 Å². The van der Waals surface area contributed by atoms with E-state index in [4.69, 9.17) is 5.73 Å². The average Bonchev–Trinajstić information content (AvgIpc) is 2.28. The normalized spacial score (nSPS) is 26.8. The van der Waals surface area contributed by atoms with Crippen LogP contribution in [0.15, 0.2) is 0 Å². The largest absolute Gasteiger partial charge is 0.393 e. The molecule has 0 aliphatic carbocycles. The van der Waals surface area contributed by atoms with Gasteiger partial charge in [0, 0.05) is 13.1 Å². The minimum absolute atomic E-state index is 0.0620. The van der Waals surface area contributed by atoms with Crippen molar-refractivity contribution in [3.05, 3.63) is 0 Å². The van der Waals surface area contributed by atoms with Crippen LogP contribution in [0.1, 0.15) is 33.1 Å². The zero-order valence-electron chi connectivity index (χ0n) is 10.7. The van der Waals surface area contributed by atoms with Crippen LogP contribution in [-0.2, 0) is 0 Å². The average molecular weight is 252 g/mol. The van der Waals surface area contributed by atoms with Gasteiger partial charge in [-0.05, 0) is 37.8 Å². The highest BCUT2D eigenvalue weighted by Gasteiger charge is 2.42. The lowest BCUT2D eigenvalue weighted by Crippen LogP contribution is -2.47. The van der Waals surface area contributed by atoms with Crippen LogP contribution in [0.3, 0.4) is 0 Å². The zero-order valence-corrected chi connectivity index (χ0v) is 10.7. The number of rotatable bonds is 4. The van der Waals surface area contributed by atoms with Gasteiger partial charge >= 0.3 is 6.18 Å². The fraction of sp³-hybridized carbons (Fsp3) is 1.00. The molecule has 5 heteroatoms. The molecule has 1 rings (SSSR count). The van der Waals surface area contributed by atoms with Crippen molar-refractivity contribution in [2.45, 2.75) is 39.3 Å². The van der Waals surface area contributed by atoms with E-state index in [0.29, 0.717) is 19.5 Å². The van der Waals surface area contributed by atoms with Crippen LogP contribution in [-0.4, -0.2) is 37.3 Å². The quantitative estimate of drug-likeness (QED) is 0.833. The summed E-state index contributed by atoms with van der Waals surface area (Å²) in [7, 11) is 0. The third-order valence-corrected chi connectivity index (χ3v) is 3.92. The summed E-state index contributed by atoms with van der Waals surface area (Å²) in [5.41, 5.74) is 5.64. The summed E-state index contributed by atoms with van der Waals surface area (Å²) in [5, 5.41) is 0. The van der Waals surface area contributed by atoms with Gasteiger partial charge in [0.05, 0.1) is 5.92 Å². The van der Waals surface area contributed by atoms with Crippen molar-refractivity contribution in [1.82, 2.24) is 4.90 Å². The highest BCUT2D eigenvalue weighted by Crippen LogP contribution is 2.34. The number of alkyl halides is 3. The maximum Gasteiger partial charge on any atom is 0.393 e. The van der Waals surface area contributed by atoms with Gasteiger partial charge < -0.3 is 10.6 Å². The van der Waals surface area contributed by atoms with E-state index in [1.165, 1.54) is 0 Å². The fourth-order valence-electron chi connectivity index (χ4n) is 2.33. The molecular formula is C12H23F3N2. The van der Waals surface area contributed by atoms with Crippen LogP contribution in [0, 0.1) is 11.3 Å². The molecule has 0 aromatic carbocycles. The lowest BCUT2D eigenvalue weighted by atomic mass is 9.85. The smallest absolute Gasteiger partial charge is 0.330 e. The number of hydrogen-bond acceptors (Lipinski definition) is 2. The van der Waals surface area contributed by atoms with Crippen LogP contribution in [0.5, 0.6) is 0 Å². The molecule has 0 saturated carbocycles. The summed E-state index contributed by atoms with van der Waals surface area (Å²) in [6, 6.07) is 0. The Morgan fingerprint density at radius 1 is 1.35 bits per heavy atom. The summed E-state index contributed by atoms with van der Waals surface area (Å²) in [5.74, 6) is -1.16. The highest BCUT2D eigenvalue weighted by atomic mass is 19.4. The molecule has 17 heavy (non-hydrogen) atoms. The third-order valence-electron chi connectivity index (χ3n) is 3.92. The maximum absolute atomic E-state index is 12.7. The van der Waals surface area contributed by atoms with Crippen LogP contribution in [0.4, 0.5) is 13.2 Å². The molecule has 1 fully saturated rings. The molecule has 0 bridgehead atoms. The summed E-state index contributed by atoms with van der Waals surface area (Å²) >= 11 is 0. The molecule has 0 aromatic heterocycles. The number of hydrogen-bond donors (Lipinski definition) is 1. The van der Waals surface area contributed by atoms with Gasteiger partial charge in [-0.15, -0.1) is 0 Å². The Morgan fingerprint density at radius 2 is 2.00 bits per heavy atom. The van der Waals surface area contributed by atoms with Crippen LogP contribution >= 0.6 is 0 Å². The molecular weight excluding hydrogens is 229 g/mol. The van der Waals surface area contributed by atoms with Gasteiger partial charge in [0.2, 0.25) is 0 Å². The lowest BCUT2D eigenvalue weighted by molar-refractivity contribution is -0.187. The number of nitrogens with two attached hydrogens (primary N) is 1. The van der Waals surface area contributed by atoms with Gasteiger partial charge in [-0.1, -0.05) is 13.8 Å². The molecule has 2 unspecified atom stereocenters. The van der Waals surface area contributed by atoms with Gasteiger partial charge in [0.1, 0.15) is 0 Å². The van der Waals surface area contributed by atoms with Crippen molar-refractivity contribution in [3.63, 3.8) is 0 Å². The lowest BCUT2D eigenvalue weighted by Gasteiger charge is -2.39. The molecule has 0 aromatic rings. The first-order valence-electron chi connectivity index (χ1n) is 6.30. The Balaban J connectivity index is 2.56. The first-order chi connectivity index (χ1) is 7.80. The standard InChI is InChI=1S/C12H23F3N2/c1-3-11(2,8-16)9-17-6-4-5-10(7-17)12(13,14)15/h10H,3-9,16H2,1-2H3. The SMILES string of the molecule is CCC(C)(CN)CN1CCCC(C(F)(F)F)C1. The monoisotopic (exact) mass is 252 g/mol. The molecule has 102 valence electrons. The predicted octanol–water partition coefficient (Wildman–Crippen LogP) is 2.64. The van der Waals surface area contributed by atoms with Crippen molar-refractivity contribution < 1.29 is 13.2 Å². The predicted molar refractivity (Wildman–Crippen MR) is 62.7 cm³/mol. The second-order valence-corrected chi connectivity index (χ2v) is 5.48. The van der Waals surface area contributed by atoms with Crippen molar-refractivity contribution >= 4 is 0 Å². The molecule has 0 amide bonds. The van der Waals surface area contributed by atoms with Crippen LogP contribution in [0.25, 0.3) is 0 Å². The van der Waals surface area contributed by atoms with Gasteiger partial charge in [0.25, 0.3) is 0 Å². The van der Waals surface area contributed by atoms with E-state index >= 15 is 0 Å². The summed E-state index contributed by atoms with van der Waals surface area (Å²) in [6.07, 6.45) is -2.25. The van der Waals surface area contributed by atoms with Gasteiger partial charge in [-0.3, -0.25) is 0 Å². The Kier molecular flexibility index (Phi) is 4.84. The van der Waals surface area contributed by atoms with Gasteiger partial charge in [-0.2, -0.15) is 13.2 Å². The van der Waals surface area contributed by atoms with Crippen molar-refractivity contribution in [3.8, 4) is 0 Å². The molecule has 1 saturated heterocycles. The van der Waals surface area contributed by atoms with Crippen LogP contribution < -0.4 is 5.73 Å². The second-order valence-electron chi connectivity index (χ2n) is 5.48. The first kappa shape index (κ1) is 14.8.